The predicted molar refractivity (Wildman–Crippen MR) is 96.7 cm³/mol. The molecule has 1 aromatic heterocycles. The topological polar surface area (TPSA) is 84.3 Å². The lowest BCUT2D eigenvalue weighted by molar-refractivity contribution is -0.343. The lowest BCUT2D eigenvalue weighted by Gasteiger charge is -2.25. The van der Waals surface area contributed by atoms with Gasteiger partial charge in [0.25, 0.3) is 0 Å². The van der Waals surface area contributed by atoms with E-state index in [0.29, 0.717) is 11.8 Å². The van der Waals surface area contributed by atoms with Crippen molar-refractivity contribution in [3.05, 3.63) is 30.1 Å². The monoisotopic (exact) mass is 453 g/mol. The molecule has 0 fully saturated rings. The summed E-state index contributed by atoms with van der Waals surface area (Å²) in [7, 11) is 0. The second-order valence-electron chi connectivity index (χ2n) is 4.48. The Morgan fingerprint density at radius 1 is 1.03 bits per heavy atom. The first-order valence-electron chi connectivity index (χ1n) is 8.47. The van der Waals surface area contributed by atoms with Gasteiger partial charge in [0.05, 0.1) is 0 Å². The Morgan fingerprint density at radius 3 is 1.57 bits per heavy atom. The van der Waals surface area contributed by atoms with Gasteiger partial charge in [0.2, 0.25) is 5.78 Å². The minimum Gasteiger partial charge on any atom is -0.386 e. The number of carbonyl (C=O) groups excluding carboxylic acids is 3. The average molecular weight is 453 g/mol. The summed E-state index contributed by atoms with van der Waals surface area (Å²) >= 11 is 0. The molecule has 1 heterocycles. The minimum atomic E-state index is -6.44. The highest BCUT2D eigenvalue weighted by molar-refractivity contribution is 5.84. The first-order valence-corrected chi connectivity index (χ1v) is 8.47. The van der Waals surface area contributed by atoms with Gasteiger partial charge in [-0.3, -0.25) is 14.6 Å². The van der Waals surface area contributed by atoms with Crippen LogP contribution >= 0.6 is 0 Å². The Labute approximate surface area is 170 Å². The number of aliphatic hydroxyl groups excluding tert-OH is 1. The molecular weight excluding hydrogens is 427 g/mol. The molecule has 1 aromatic rings. The van der Waals surface area contributed by atoms with Gasteiger partial charge in [0, 0.05) is 24.9 Å². The summed E-state index contributed by atoms with van der Waals surface area (Å²) in [5.41, 5.74) is 0.618. The molecule has 1 N–H and O–H groups in total. The van der Waals surface area contributed by atoms with Crippen molar-refractivity contribution in [3.8, 4) is 0 Å². The molecule has 0 aromatic carbocycles. The second kappa shape index (κ2) is 17.5. The fourth-order valence-electron chi connectivity index (χ4n) is 0.845. The van der Waals surface area contributed by atoms with Crippen LogP contribution in [0.4, 0.5) is 30.7 Å². The molecule has 5 nitrogen and oxygen atoms in total. The van der Waals surface area contributed by atoms with E-state index in [2.05, 4.69) is 4.98 Å². The zero-order valence-corrected chi connectivity index (χ0v) is 17.3. The molecule has 0 spiro atoms. The van der Waals surface area contributed by atoms with Crippen molar-refractivity contribution in [1.29, 1.82) is 0 Å². The number of aromatic nitrogens is 1. The van der Waals surface area contributed by atoms with Crippen molar-refractivity contribution >= 4 is 18.4 Å². The zero-order chi connectivity index (χ0) is 25.2. The summed E-state index contributed by atoms with van der Waals surface area (Å²) in [6, 6.07) is 3.43. The number of pyridine rings is 1. The fraction of sp³-hybridized carbons (Fsp3) is 0.556. The number of hydrogen-bond acceptors (Lipinski definition) is 5. The molecule has 0 unspecified atom stereocenters. The van der Waals surface area contributed by atoms with Gasteiger partial charge in [-0.25, -0.2) is 0 Å². The first kappa shape index (κ1) is 35.1. The van der Waals surface area contributed by atoms with E-state index in [9.17, 15) is 45.1 Å². The molecule has 0 saturated heterocycles. The van der Waals surface area contributed by atoms with Gasteiger partial charge in [-0.15, -0.1) is 0 Å². The van der Waals surface area contributed by atoms with Crippen LogP contribution in [0.15, 0.2) is 24.5 Å². The van der Waals surface area contributed by atoms with Crippen LogP contribution in [0.3, 0.4) is 0 Å². The molecule has 12 heteroatoms. The van der Waals surface area contributed by atoms with Gasteiger partial charge in [0.1, 0.15) is 12.4 Å². The molecule has 0 bridgehead atoms. The first-order chi connectivity index (χ1) is 13.6. The van der Waals surface area contributed by atoms with Crippen molar-refractivity contribution in [2.45, 2.75) is 65.7 Å². The molecule has 0 aliphatic heterocycles. The number of hydrogen-bond donors (Lipinski definition) is 1. The van der Waals surface area contributed by atoms with Crippen LogP contribution in [0.5, 0.6) is 0 Å². The number of carbonyl (C=O) groups is 3. The van der Waals surface area contributed by atoms with Crippen LogP contribution < -0.4 is 0 Å². The van der Waals surface area contributed by atoms with Gasteiger partial charge in [-0.2, -0.15) is 30.7 Å². The van der Waals surface area contributed by atoms with E-state index in [1.807, 2.05) is 27.7 Å². The number of aldehydes is 2. The summed E-state index contributed by atoms with van der Waals surface area (Å²) in [5.74, 6) is -14.6. The van der Waals surface area contributed by atoms with Crippen LogP contribution in [0.2, 0.25) is 0 Å². The summed E-state index contributed by atoms with van der Waals surface area (Å²) in [6.07, 6.45) is -2.84. The van der Waals surface area contributed by atoms with Crippen molar-refractivity contribution in [1.82, 2.24) is 4.98 Å². The zero-order valence-electron chi connectivity index (χ0n) is 17.3. The predicted octanol–water partition coefficient (Wildman–Crippen LogP) is 4.92. The maximum absolute atomic E-state index is 12.0. The lowest BCUT2D eigenvalue weighted by atomic mass is 10.1. The van der Waals surface area contributed by atoms with E-state index < -0.39 is 29.9 Å². The molecular formula is C18H26F7NO4. The normalized spacial score (nSPS) is 11.3. The third kappa shape index (κ3) is 13.7. The number of aliphatic hydroxyl groups is 1. The van der Waals surface area contributed by atoms with Gasteiger partial charge < -0.3 is 9.90 Å². The SMILES string of the molecule is CC.CC.CC(=O)C(F)(F)C(F)(F)C(F)(F)F.C[C@H](O)C=O.O=Cc1cccnc1. The molecule has 30 heavy (non-hydrogen) atoms. The van der Waals surface area contributed by atoms with Gasteiger partial charge in [-0.05, 0) is 19.1 Å². The number of nitrogens with zero attached hydrogens (tertiary/aromatic N) is 1. The van der Waals surface area contributed by atoms with Crippen molar-refractivity contribution in [3.63, 3.8) is 0 Å². The lowest BCUT2D eigenvalue weighted by Crippen LogP contribution is -2.55. The molecule has 176 valence electrons. The summed E-state index contributed by atoms with van der Waals surface area (Å²) in [4.78, 5) is 32.8. The van der Waals surface area contributed by atoms with Crippen molar-refractivity contribution in [2.75, 3.05) is 0 Å². The van der Waals surface area contributed by atoms with Gasteiger partial charge in [0.15, 0.2) is 6.29 Å². The third-order valence-corrected chi connectivity index (χ3v) is 2.21. The van der Waals surface area contributed by atoms with E-state index in [1.54, 1.807) is 18.3 Å². The van der Waals surface area contributed by atoms with Crippen LogP contribution in [0.1, 0.15) is 51.9 Å². The maximum Gasteiger partial charge on any atom is 0.460 e. The number of halogens is 7. The van der Waals surface area contributed by atoms with Crippen LogP contribution in [-0.2, 0) is 9.59 Å². The van der Waals surface area contributed by atoms with Crippen molar-refractivity contribution in [2.24, 2.45) is 0 Å². The van der Waals surface area contributed by atoms with E-state index >= 15 is 0 Å². The van der Waals surface area contributed by atoms with Crippen molar-refractivity contribution < 1.29 is 50.2 Å². The third-order valence-electron chi connectivity index (χ3n) is 2.21. The number of Topliss-reactive ketones (excluding diaryl/α,β-unsaturated/α-hetero) is 1. The Bertz CT molecular complexity index is 578. The quantitative estimate of drug-likeness (QED) is 0.517. The van der Waals surface area contributed by atoms with E-state index in [0.717, 1.165) is 6.29 Å². The number of alkyl halides is 7. The molecule has 0 amide bonds. The highest BCUT2D eigenvalue weighted by Gasteiger charge is 2.75. The molecule has 0 aliphatic rings. The molecule has 0 aliphatic carbocycles. The highest BCUT2D eigenvalue weighted by atomic mass is 19.4. The molecule has 1 atom stereocenters. The Hall–Kier alpha value is -2.37. The second-order valence-corrected chi connectivity index (χ2v) is 4.48. The summed E-state index contributed by atoms with van der Waals surface area (Å²) in [6.45, 7) is 9.37. The van der Waals surface area contributed by atoms with E-state index in [4.69, 9.17) is 5.11 Å². The van der Waals surface area contributed by atoms with Crippen LogP contribution in [-0.4, -0.2) is 52.6 Å². The average Bonchev–Trinajstić information content (AvgIpc) is 2.71. The van der Waals surface area contributed by atoms with Gasteiger partial charge in [-0.1, -0.05) is 27.7 Å². The number of rotatable bonds is 4. The van der Waals surface area contributed by atoms with Crippen LogP contribution in [0.25, 0.3) is 0 Å². The highest BCUT2D eigenvalue weighted by Crippen LogP contribution is 2.46. The standard InChI is InChI=1S/C6H5NO.C5H3F7O.C3H6O2.2C2H6/c8-5-6-2-1-3-7-4-6;1-2(13)3(6,7)4(8,9)5(10,11)12;1-3(5)2-4;2*1-2/h1-5H;1H3;2-3,5H,1H3;2*1-2H3/t;;3-;;/m..0../s1. The summed E-state index contributed by atoms with van der Waals surface area (Å²) < 4.78 is 81.6. The minimum absolute atomic E-state index is 0.0420. The Balaban J connectivity index is -0.000000169. The fourth-order valence-corrected chi connectivity index (χ4v) is 0.845. The Morgan fingerprint density at radius 2 is 1.43 bits per heavy atom. The van der Waals surface area contributed by atoms with Crippen LogP contribution in [0, 0.1) is 0 Å². The largest absolute Gasteiger partial charge is 0.460 e. The maximum atomic E-state index is 12.0. The smallest absolute Gasteiger partial charge is 0.386 e. The molecule has 1 rings (SSSR count). The van der Waals surface area contributed by atoms with E-state index in [-0.39, 0.29) is 6.92 Å². The van der Waals surface area contributed by atoms with Gasteiger partial charge >= 0.3 is 18.0 Å². The molecule has 0 radical (unpaired) electrons. The molecule has 0 saturated carbocycles. The summed E-state index contributed by atoms with van der Waals surface area (Å²) in [5, 5.41) is 7.99. The Kier molecular flexibility index (Phi) is 20.5. The van der Waals surface area contributed by atoms with E-state index in [1.165, 1.54) is 13.1 Å². The number of ketones is 1.